The fourth-order valence-corrected chi connectivity index (χ4v) is 1.11. The SMILES string of the molecule is COC(=O)C(C)C(O)CC(C)(C)OC. The molecule has 4 heteroatoms. The van der Waals surface area contributed by atoms with E-state index in [9.17, 15) is 9.90 Å². The Labute approximate surface area is 85.2 Å². The first-order valence-electron chi connectivity index (χ1n) is 4.65. The summed E-state index contributed by atoms with van der Waals surface area (Å²) in [5, 5.41) is 9.71. The van der Waals surface area contributed by atoms with Crippen LogP contribution in [0.1, 0.15) is 27.2 Å². The molecular weight excluding hydrogens is 184 g/mol. The van der Waals surface area contributed by atoms with Gasteiger partial charge in [-0.25, -0.2) is 0 Å². The van der Waals surface area contributed by atoms with Crippen molar-refractivity contribution >= 4 is 5.97 Å². The lowest BCUT2D eigenvalue weighted by Gasteiger charge is -2.27. The van der Waals surface area contributed by atoms with Crippen LogP contribution in [-0.2, 0) is 14.3 Å². The molecule has 1 N–H and O–H groups in total. The van der Waals surface area contributed by atoms with Crippen LogP contribution in [0, 0.1) is 5.92 Å². The highest BCUT2D eigenvalue weighted by Crippen LogP contribution is 2.20. The Kier molecular flexibility index (Phi) is 5.08. The maximum Gasteiger partial charge on any atom is 0.311 e. The Morgan fingerprint density at radius 2 is 1.93 bits per heavy atom. The molecule has 0 amide bonds. The Morgan fingerprint density at radius 1 is 1.43 bits per heavy atom. The summed E-state index contributed by atoms with van der Waals surface area (Å²) < 4.78 is 9.70. The van der Waals surface area contributed by atoms with Gasteiger partial charge in [-0.1, -0.05) is 0 Å². The van der Waals surface area contributed by atoms with Gasteiger partial charge in [-0.2, -0.15) is 0 Å². The van der Waals surface area contributed by atoms with Gasteiger partial charge in [0, 0.05) is 13.5 Å². The number of methoxy groups -OCH3 is 2. The molecule has 0 aromatic heterocycles. The zero-order valence-electron chi connectivity index (χ0n) is 9.53. The Hall–Kier alpha value is -0.610. The van der Waals surface area contributed by atoms with E-state index >= 15 is 0 Å². The van der Waals surface area contributed by atoms with Crippen LogP contribution in [-0.4, -0.2) is 37.0 Å². The van der Waals surface area contributed by atoms with Gasteiger partial charge in [-0.3, -0.25) is 4.79 Å². The summed E-state index contributed by atoms with van der Waals surface area (Å²) in [4.78, 5) is 11.1. The fourth-order valence-electron chi connectivity index (χ4n) is 1.11. The van der Waals surface area contributed by atoms with Gasteiger partial charge in [0.15, 0.2) is 0 Å². The number of hydrogen-bond donors (Lipinski definition) is 1. The molecule has 0 aromatic rings. The maximum absolute atomic E-state index is 11.1. The van der Waals surface area contributed by atoms with E-state index < -0.39 is 23.6 Å². The second kappa shape index (κ2) is 5.32. The average Bonchev–Trinajstić information content (AvgIpc) is 2.14. The van der Waals surface area contributed by atoms with Gasteiger partial charge in [-0.05, 0) is 20.8 Å². The summed E-state index contributed by atoms with van der Waals surface area (Å²) in [5.41, 5.74) is -0.429. The van der Waals surface area contributed by atoms with E-state index in [0.29, 0.717) is 6.42 Å². The van der Waals surface area contributed by atoms with Crippen LogP contribution in [0.15, 0.2) is 0 Å². The van der Waals surface area contributed by atoms with Crippen molar-refractivity contribution in [1.82, 2.24) is 0 Å². The van der Waals surface area contributed by atoms with E-state index in [0.717, 1.165) is 0 Å². The first kappa shape index (κ1) is 13.4. The molecule has 0 aliphatic rings. The fraction of sp³-hybridized carbons (Fsp3) is 0.900. The molecule has 2 unspecified atom stereocenters. The molecule has 0 aliphatic carbocycles. The van der Waals surface area contributed by atoms with Crippen molar-refractivity contribution in [3.63, 3.8) is 0 Å². The highest BCUT2D eigenvalue weighted by molar-refractivity contribution is 5.72. The highest BCUT2D eigenvalue weighted by atomic mass is 16.5. The average molecular weight is 204 g/mol. The lowest BCUT2D eigenvalue weighted by Crippen LogP contribution is -2.35. The Morgan fingerprint density at radius 3 is 2.29 bits per heavy atom. The van der Waals surface area contributed by atoms with Gasteiger partial charge in [0.05, 0.1) is 24.7 Å². The normalized spacial score (nSPS) is 16.1. The molecule has 0 radical (unpaired) electrons. The van der Waals surface area contributed by atoms with Crippen LogP contribution < -0.4 is 0 Å². The van der Waals surface area contributed by atoms with Crippen molar-refractivity contribution in [2.45, 2.75) is 38.9 Å². The summed E-state index contributed by atoms with van der Waals surface area (Å²) in [5.74, 6) is -0.918. The van der Waals surface area contributed by atoms with Gasteiger partial charge in [0.2, 0.25) is 0 Å². The molecule has 0 rings (SSSR count). The molecular formula is C10H20O4. The van der Waals surface area contributed by atoms with E-state index in [-0.39, 0.29) is 0 Å². The number of rotatable bonds is 5. The topological polar surface area (TPSA) is 55.8 Å². The van der Waals surface area contributed by atoms with Crippen LogP contribution in [0.4, 0.5) is 0 Å². The minimum Gasteiger partial charge on any atom is -0.469 e. The smallest absolute Gasteiger partial charge is 0.311 e. The number of esters is 1. The van der Waals surface area contributed by atoms with Crippen molar-refractivity contribution in [1.29, 1.82) is 0 Å². The Bertz CT molecular complexity index is 189. The van der Waals surface area contributed by atoms with Crippen LogP contribution in [0.5, 0.6) is 0 Å². The monoisotopic (exact) mass is 204 g/mol. The molecule has 14 heavy (non-hydrogen) atoms. The van der Waals surface area contributed by atoms with Crippen LogP contribution in [0.3, 0.4) is 0 Å². The third-order valence-corrected chi connectivity index (χ3v) is 2.40. The second-order valence-electron chi connectivity index (χ2n) is 4.05. The number of aliphatic hydroxyl groups is 1. The molecule has 0 spiro atoms. The van der Waals surface area contributed by atoms with Crippen molar-refractivity contribution in [2.24, 2.45) is 5.92 Å². The first-order valence-corrected chi connectivity index (χ1v) is 4.65. The van der Waals surface area contributed by atoms with E-state index in [1.165, 1.54) is 7.11 Å². The molecule has 0 saturated carbocycles. The summed E-state index contributed by atoms with van der Waals surface area (Å²) in [7, 11) is 2.89. The lowest BCUT2D eigenvalue weighted by molar-refractivity contribution is -0.150. The predicted molar refractivity (Wildman–Crippen MR) is 52.9 cm³/mol. The number of aliphatic hydroxyl groups excluding tert-OH is 1. The highest BCUT2D eigenvalue weighted by Gasteiger charge is 2.29. The second-order valence-corrected chi connectivity index (χ2v) is 4.05. The summed E-state index contributed by atoms with van der Waals surface area (Å²) in [6, 6.07) is 0. The minimum absolute atomic E-state index is 0.399. The quantitative estimate of drug-likeness (QED) is 0.678. The Balaban J connectivity index is 4.20. The summed E-state index contributed by atoms with van der Waals surface area (Å²) >= 11 is 0. The van der Waals surface area contributed by atoms with E-state index in [4.69, 9.17) is 4.74 Å². The van der Waals surface area contributed by atoms with Crippen molar-refractivity contribution in [3.8, 4) is 0 Å². The largest absolute Gasteiger partial charge is 0.469 e. The molecule has 0 aliphatic heterocycles. The summed E-state index contributed by atoms with van der Waals surface area (Å²) in [6.07, 6.45) is -0.336. The van der Waals surface area contributed by atoms with Crippen molar-refractivity contribution in [2.75, 3.05) is 14.2 Å². The van der Waals surface area contributed by atoms with Gasteiger partial charge in [0.1, 0.15) is 0 Å². The van der Waals surface area contributed by atoms with Gasteiger partial charge in [-0.15, -0.1) is 0 Å². The molecule has 2 atom stereocenters. The lowest BCUT2D eigenvalue weighted by atomic mass is 9.93. The van der Waals surface area contributed by atoms with Gasteiger partial charge in [0.25, 0.3) is 0 Å². The van der Waals surface area contributed by atoms with E-state index in [1.807, 2.05) is 13.8 Å². The zero-order valence-corrected chi connectivity index (χ0v) is 9.53. The first-order chi connectivity index (χ1) is 6.34. The molecule has 0 bridgehead atoms. The molecule has 0 saturated heterocycles. The number of hydrogen-bond acceptors (Lipinski definition) is 4. The molecule has 84 valence electrons. The number of carbonyl (C=O) groups excluding carboxylic acids is 1. The summed E-state index contributed by atoms with van der Waals surface area (Å²) in [6.45, 7) is 5.36. The molecule has 0 fully saturated rings. The third-order valence-electron chi connectivity index (χ3n) is 2.40. The van der Waals surface area contributed by atoms with Gasteiger partial charge >= 0.3 is 5.97 Å². The molecule has 0 heterocycles. The van der Waals surface area contributed by atoms with E-state index in [1.54, 1.807) is 14.0 Å². The predicted octanol–water partition coefficient (Wildman–Crippen LogP) is 0.971. The van der Waals surface area contributed by atoms with Crippen molar-refractivity contribution < 1.29 is 19.4 Å². The molecule has 0 aromatic carbocycles. The molecule has 4 nitrogen and oxygen atoms in total. The standard InChI is InChI=1S/C10H20O4/c1-7(9(12)13-4)8(11)6-10(2,3)14-5/h7-8,11H,6H2,1-5H3. The third kappa shape index (κ3) is 4.07. The number of carbonyl (C=O) groups is 1. The van der Waals surface area contributed by atoms with E-state index in [2.05, 4.69) is 4.74 Å². The van der Waals surface area contributed by atoms with Crippen molar-refractivity contribution in [3.05, 3.63) is 0 Å². The zero-order chi connectivity index (χ0) is 11.4. The maximum atomic E-state index is 11.1. The van der Waals surface area contributed by atoms with Crippen LogP contribution in [0.25, 0.3) is 0 Å². The minimum atomic E-state index is -0.739. The number of ether oxygens (including phenoxy) is 2. The van der Waals surface area contributed by atoms with Crippen LogP contribution in [0.2, 0.25) is 0 Å². The van der Waals surface area contributed by atoms with Gasteiger partial charge < -0.3 is 14.6 Å². The van der Waals surface area contributed by atoms with Crippen LogP contribution >= 0.6 is 0 Å².